The molecule has 8 heteroatoms. The fraction of sp³-hybridized carbons (Fsp3) is 0.750. The number of fused-ring (bicyclic) bond motifs is 1. The van der Waals surface area contributed by atoms with Gasteiger partial charge in [-0.25, -0.2) is 0 Å². The van der Waals surface area contributed by atoms with Crippen molar-refractivity contribution in [1.29, 1.82) is 0 Å². The lowest BCUT2D eigenvalue weighted by atomic mass is 10.2. The molecule has 2 unspecified atom stereocenters. The minimum absolute atomic E-state index is 0.00218. The minimum Gasteiger partial charge on any atom is -0.373 e. The first kappa shape index (κ1) is 13.3. The number of hydrogen-bond donors (Lipinski definition) is 1. The molecular weight excluding hydrogens is 262 g/mol. The lowest BCUT2D eigenvalue weighted by Crippen LogP contribution is -2.48. The molecule has 0 radical (unpaired) electrons. The molecule has 0 spiro atoms. The van der Waals surface area contributed by atoms with Crippen molar-refractivity contribution in [1.82, 2.24) is 14.7 Å². The molecular formula is C12H19N5O3. The Balaban J connectivity index is 1.58. The normalized spacial score (nSPS) is 26.4. The molecule has 2 saturated heterocycles. The first-order valence-electron chi connectivity index (χ1n) is 6.91. The quantitative estimate of drug-likeness (QED) is 0.642. The molecule has 20 heavy (non-hydrogen) atoms. The van der Waals surface area contributed by atoms with Crippen LogP contribution in [-0.4, -0.2) is 58.0 Å². The second kappa shape index (κ2) is 5.37. The summed E-state index contributed by atoms with van der Waals surface area (Å²) >= 11 is 0. The Morgan fingerprint density at radius 2 is 2.50 bits per heavy atom. The third-order valence-corrected chi connectivity index (χ3v) is 3.96. The van der Waals surface area contributed by atoms with E-state index in [2.05, 4.69) is 15.3 Å². The topological polar surface area (TPSA) is 85.5 Å². The van der Waals surface area contributed by atoms with Crippen LogP contribution in [0.25, 0.3) is 0 Å². The molecule has 110 valence electrons. The molecule has 3 rings (SSSR count). The highest BCUT2D eigenvalue weighted by Crippen LogP contribution is 2.24. The van der Waals surface area contributed by atoms with Crippen LogP contribution in [0.5, 0.6) is 0 Å². The van der Waals surface area contributed by atoms with Gasteiger partial charge in [0.25, 0.3) is 0 Å². The fourth-order valence-electron chi connectivity index (χ4n) is 2.96. The Morgan fingerprint density at radius 3 is 3.30 bits per heavy atom. The van der Waals surface area contributed by atoms with Crippen LogP contribution in [0.15, 0.2) is 6.20 Å². The fourth-order valence-corrected chi connectivity index (χ4v) is 2.96. The van der Waals surface area contributed by atoms with Gasteiger partial charge in [0.15, 0.2) is 0 Å². The van der Waals surface area contributed by atoms with E-state index in [0.29, 0.717) is 18.4 Å². The number of nitrogens with zero attached hydrogens (tertiary/aromatic N) is 4. The van der Waals surface area contributed by atoms with Crippen molar-refractivity contribution < 1.29 is 9.66 Å². The van der Waals surface area contributed by atoms with E-state index in [0.717, 1.165) is 19.7 Å². The summed E-state index contributed by atoms with van der Waals surface area (Å²) in [5.41, 5.74) is 0.00218. The summed E-state index contributed by atoms with van der Waals surface area (Å²) in [6.45, 7) is 3.32. The van der Waals surface area contributed by atoms with Gasteiger partial charge in [-0.2, -0.15) is 0 Å². The number of ether oxygens (including phenoxy) is 1. The predicted molar refractivity (Wildman–Crippen MR) is 72.7 cm³/mol. The van der Waals surface area contributed by atoms with Crippen molar-refractivity contribution in [3.05, 3.63) is 16.3 Å². The summed E-state index contributed by atoms with van der Waals surface area (Å²) in [6.07, 6.45) is 3.91. The van der Waals surface area contributed by atoms with Crippen LogP contribution in [0.2, 0.25) is 0 Å². The Kier molecular flexibility index (Phi) is 3.58. The van der Waals surface area contributed by atoms with E-state index < -0.39 is 4.92 Å². The minimum atomic E-state index is -0.423. The highest BCUT2D eigenvalue weighted by molar-refractivity contribution is 5.54. The molecule has 1 aromatic heterocycles. The predicted octanol–water partition coefficient (Wildman–Crippen LogP) is 0.603. The lowest BCUT2D eigenvalue weighted by Gasteiger charge is -2.35. The van der Waals surface area contributed by atoms with Crippen LogP contribution in [0.3, 0.4) is 0 Å². The monoisotopic (exact) mass is 281 g/mol. The number of rotatable bonds is 4. The molecule has 2 atom stereocenters. The maximum absolute atomic E-state index is 10.9. The molecule has 1 aromatic rings. The molecule has 0 amide bonds. The summed E-state index contributed by atoms with van der Waals surface area (Å²) in [7, 11) is 1.67. The summed E-state index contributed by atoms with van der Waals surface area (Å²) in [5, 5.41) is 18.0. The first-order chi connectivity index (χ1) is 9.63. The lowest BCUT2D eigenvalue weighted by molar-refractivity contribution is -0.384. The van der Waals surface area contributed by atoms with E-state index in [4.69, 9.17) is 4.74 Å². The highest BCUT2D eigenvalue weighted by atomic mass is 16.6. The average molecular weight is 281 g/mol. The number of nitrogens with one attached hydrogen (secondary N) is 1. The number of hydrogen-bond acceptors (Lipinski definition) is 6. The number of aromatic nitrogens is 2. The van der Waals surface area contributed by atoms with Crippen molar-refractivity contribution in [2.75, 3.05) is 31.6 Å². The van der Waals surface area contributed by atoms with Gasteiger partial charge in [-0.15, -0.1) is 5.10 Å². The van der Waals surface area contributed by atoms with E-state index in [-0.39, 0.29) is 11.8 Å². The number of morpholine rings is 1. The zero-order valence-corrected chi connectivity index (χ0v) is 11.5. The van der Waals surface area contributed by atoms with E-state index in [9.17, 15) is 10.1 Å². The van der Waals surface area contributed by atoms with Crippen LogP contribution in [0.4, 0.5) is 11.5 Å². The van der Waals surface area contributed by atoms with Gasteiger partial charge in [-0.1, -0.05) is 0 Å². The Hall–Kier alpha value is -1.67. The Labute approximate surface area is 116 Å². The smallest absolute Gasteiger partial charge is 0.330 e. The SMILES string of the molecule is Cn1cc([N+](=O)[O-])c(NCC2CN3CCCC3CO2)n1. The standard InChI is InChI=1S/C12H19N5O3/c1-15-7-11(17(18)19)12(14-15)13-5-10-6-16-4-2-3-9(16)8-20-10/h7,9-10H,2-6,8H2,1H3,(H,13,14). The van der Waals surface area contributed by atoms with E-state index in [1.54, 1.807) is 7.05 Å². The molecule has 0 saturated carbocycles. The van der Waals surface area contributed by atoms with Crippen LogP contribution in [0, 0.1) is 10.1 Å². The summed E-state index contributed by atoms with van der Waals surface area (Å²) < 4.78 is 7.26. The molecule has 0 aromatic carbocycles. The average Bonchev–Trinajstić information content (AvgIpc) is 3.01. The molecule has 2 aliphatic rings. The highest BCUT2D eigenvalue weighted by Gasteiger charge is 2.32. The Morgan fingerprint density at radius 1 is 1.65 bits per heavy atom. The van der Waals surface area contributed by atoms with E-state index in [1.165, 1.54) is 23.7 Å². The van der Waals surface area contributed by atoms with E-state index >= 15 is 0 Å². The van der Waals surface area contributed by atoms with Crippen molar-refractivity contribution in [3.63, 3.8) is 0 Å². The summed E-state index contributed by atoms with van der Waals surface area (Å²) in [4.78, 5) is 12.9. The van der Waals surface area contributed by atoms with Crippen molar-refractivity contribution >= 4 is 11.5 Å². The van der Waals surface area contributed by atoms with Crippen molar-refractivity contribution in [2.45, 2.75) is 25.0 Å². The zero-order chi connectivity index (χ0) is 14.1. The second-order valence-electron chi connectivity index (χ2n) is 5.42. The summed E-state index contributed by atoms with van der Waals surface area (Å²) in [5.74, 6) is 0.310. The van der Waals surface area contributed by atoms with Crippen molar-refractivity contribution in [3.8, 4) is 0 Å². The largest absolute Gasteiger partial charge is 0.373 e. The molecule has 0 bridgehead atoms. The molecule has 1 N–H and O–H groups in total. The van der Waals surface area contributed by atoms with Crippen LogP contribution >= 0.6 is 0 Å². The molecule has 2 aliphatic heterocycles. The first-order valence-corrected chi connectivity index (χ1v) is 6.91. The van der Waals surface area contributed by atoms with Gasteiger partial charge in [-0.05, 0) is 19.4 Å². The van der Waals surface area contributed by atoms with Crippen LogP contribution in [-0.2, 0) is 11.8 Å². The maximum atomic E-state index is 10.9. The van der Waals surface area contributed by atoms with Gasteiger partial charge in [-0.3, -0.25) is 19.7 Å². The third-order valence-electron chi connectivity index (χ3n) is 3.96. The van der Waals surface area contributed by atoms with Gasteiger partial charge in [0.05, 0.1) is 17.6 Å². The zero-order valence-electron chi connectivity index (χ0n) is 11.5. The van der Waals surface area contributed by atoms with Crippen LogP contribution in [0.1, 0.15) is 12.8 Å². The van der Waals surface area contributed by atoms with Crippen molar-refractivity contribution in [2.24, 2.45) is 7.05 Å². The maximum Gasteiger partial charge on any atom is 0.330 e. The van der Waals surface area contributed by atoms with Gasteiger partial charge in [0, 0.05) is 26.2 Å². The second-order valence-corrected chi connectivity index (χ2v) is 5.42. The Bertz CT molecular complexity index is 503. The van der Waals surface area contributed by atoms with Gasteiger partial charge < -0.3 is 10.1 Å². The molecule has 3 heterocycles. The number of anilines is 1. The molecule has 2 fully saturated rings. The molecule has 0 aliphatic carbocycles. The number of aryl methyl sites for hydroxylation is 1. The summed E-state index contributed by atoms with van der Waals surface area (Å²) in [6, 6.07) is 0.565. The third kappa shape index (κ3) is 2.61. The number of nitro groups is 1. The van der Waals surface area contributed by atoms with Crippen LogP contribution < -0.4 is 5.32 Å². The van der Waals surface area contributed by atoms with Gasteiger partial charge in [0.1, 0.15) is 6.20 Å². The van der Waals surface area contributed by atoms with E-state index in [1.807, 2.05) is 0 Å². The molecule has 8 nitrogen and oxygen atoms in total. The van der Waals surface area contributed by atoms with Gasteiger partial charge in [0.2, 0.25) is 5.82 Å². The van der Waals surface area contributed by atoms with Gasteiger partial charge >= 0.3 is 5.69 Å².